The average molecular weight is 359 g/mol. The van der Waals surface area contributed by atoms with Crippen molar-refractivity contribution < 1.29 is 18.8 Å². The molecule has 1 saturated heterocycles. The van der Waals surface area contributed by atoms with Gasteiger partial charge < -0.3 is 14.0 Å². The predicted molar refractivity (Wildman–Crippen MR) is 100 cm³/mol. The number of Topliss-reactive ketones (excluding diaryl/α,β-unsaturated/α-hetero) is 1. The Morgan fingerprint density at radius 2 is 1.58 bits per heavy atom. The quantitative estimate of drug-likeness (QED) is 0.697. The van der Waals surface area contributed by atoms with Gasteiger partial charge in [-0.3, -0.25) is 4.79 Å². The molecule has 4 nitrogen and oxygen atoms in total. The summed E-state index contributed by atoms with van der Waals surface area (Å²) >= 11 is 0. The molecule has 142 valence electrons. The standard InChI is InChI=1S/C19H38O4Si/c1-9-14(20)11-15(21)12-17-13-16(10-2)22-24(23-17,18(3,4)5)19(6,7)8/h14,16-17,20H,9-13H2,1-8H3/t14-,16+,17+/m0/s1. The fourth-order valence-electron chi connectivity index (χ4n) is 3.84. The SMILES string of the molecule is CC[C@H](O)CC(=O)C[C@@H]1C[C@@H](CC)O[Si](C(C)(C)C)(C(C)(C)C)O1. The molecule has 1 aliphatic rings. The van der Waals surface area contributed by atoms with Gasteiger partial charge in [-0.1, -0.05) is 55.4 Å². The minimum absolute atomic E-state index is 0.0800. The van der Waals surface area contributed by atoms with Gasteiger partial charge in [-0.05, 0) is 19.3 Å². The zero-order chi connectivity index (χ0) is 18.8. The van der Waals surface area contributed by atoms with Crippen molar-refractivity contribution in [1.29, 1.82) is 0 Å². The van der Waals surface area contributed by atoms with E-state index in [-0.39, 0.29) is 34.5 Å². The Hall–Kier alpha value is -0.233. The summed E-state index contributed by atoms with van der Waals surface area (Å²) in [6.45, 7) is 17.2. The van der Waals surface area contributed by atoms with E-state index in [1.54, 1.807) is 0 Å². The summed E-state index contributed by atoms with van der Waals surface area (Å²) in [7, 11) is -2.56. The molecule has 0 bridgehead atoms. The second-order valence-electron chi connectivity index (χ2n) is 9.25. The fraction of sp³-hybridized carbons (Fsp3) is 0.947. The number of aliphatic hydroxyl groups is 1. The van der Waals surface area contributed by atoms with Crippen LogP contribution in [0.1, 0.15) is 87.5 Å². The molecule has 24 heavy (non-hydrogen) atoms. The van der Waals surface area contributed by atoms with Crippen molar-refractivity contribution in [2.75, 3.05) is 0 Å². The first-order chi connectivity index (χ1) is 10.9. The van der Waals surface area contributed by atoms with Crippen LogP contribution in [0.15, 0.2) is 0 Å². The Bertz CT molecular complexity index is 408. The van der Waals surface area contributed by atoms with Crippen molar-refractivity contribution in [2.24, 2.45) is 0 Å². The summed E-state index contributed by atoms with van der Waals surface area (Å²) in [5, 5.41) is 9.58. The largest absolute Gasteiger partial charge is 0.393 e. The molecule has 1 heterocycles. The lowest BCUT2D eigenvalue weighted by molar-refractivity contribution is -0.124. The van der Waals surface area contributed by atoms with Crippen LogP contribution in [-0.2, 0) is 13.6 Å². The third kappa shape index (κ3) is 4.90. The highest BCUT2D eigenvalue weighted by Gasteiger charge is 2.61. The number of hydrogen-bond acceptors (Lipinski definition) is 4. The normalized spacial score (nSPS) is 26.2. The van der Waals surface area contributed by atoms with Gasteiger partial charge >= 0.3 is 8.56 Å². The van der Waals surface area contributed by atoms with Crippen molar-refractivity contribution in [3.8, 4) is 0 Å². The van der Waals surface area contributed by atoms with Crippen LogP contribution in [0.25, 0.3) is 0 Å². The van der Waals surface area contributed by atoms with E-state index >= 15 is 0 Å². The van der Waals surface area contributed by atoms with E-state index in [1.807, 2.05) is 6.92 Å². The zero-order valence-corrected chi connectivity index (χ0v) is 17.9. The molecule has 0 aliphatic carbocycles. The molecular formula is C19H38O4Si. The van der Waals surface area contributed by atoms with Gasteiger partial charge in [-0.2, -0.15) is 0 Å². The number of aliphatic hydroxyl groups excluding tert-OH is 1. The zero-order valence-electron chi connectivity index (χ0n) is 16.9. The van der Waals surface area contributed by atoms with Gasteiger partial charge in [-0.25, -0.2) is 0 Å². The second-order valence-corrected chi connectivity index (χ2v) is 14.0. The molecule has 0 unspecified atom stereocenters. The monoisotopic (exact) mass is 358 g/mol. The Labute approximate surface area is 149 Å². The summed E-state index contributed by atoms with van der Waals surface area (Å²) in [4.78, 5) is 12.3. The smallest absolute Gasteiger partial charge is 0.349 e. The van der Waals surface area contributed by atoms with Crippen molar-refractivity contribution in [2.45, 2.75) is 116 Å². The van der Waals surface area contributed by atoms with Gasteiger partial charge in [0.25, 0.3) is 0 Å². The number of carbonyl (C=O) groups excluding carboxylic acids is 1. The van der Waals surface area contributed by atoms with Crippen LogP contribution in [0.4, 0.5) is 0 Å². The Balaban J connectivity index is 3.02. The van der Waals surface area contributed by atoms with Gasteiger partial charge in [0.15, 0.2) is 0 Å². The van der Waals surface area contributed by atoms with Gasteiger partial charge in [0, 0.05) is 29.0 Å². The molecule has 1 fully saturated rings. The lowest BCUT2D eigenvalue weighted by Crippen LogP contribution is -2.63. The molecule has 1 aliphatic heterocycles. The molecule has 5 heteroatoms. The van der Waals surface area contributed by atoms with Gasteiger partial charge in [0.2, 0.25) is 0 Å². The van der Waals surface area contributed by atoms with Crippen LogP contribution in [0.3, 0.4) is 0 Å². The summed E-state index contributed by atoms with van der Waals surface area (Å²) in [6.07, 6.45) is 2.46. The fourth-order valence-corrected chi connectivity index (χ4v) is 8.94. The van der Waals surface area contributed by atoms with Gasteiger partial charge in [0.1, 0.15) is 5.78 Å². The lowest BCUT2D eigenvalue weighted by Gasteiger charge is -2.55. The molecule has 0 saturated carbocycles. The Morgan fingerprint density at radius 1 is 1.08 bits per heavy atom. The molecule has 1 N–H and O–H groups in total. The average Bonchev–Trinajstić information content (AvgIpc) is 2.44. The van der Waals surface area contributed by atoms with Crippen LogP contribution >= 0.6 is 0 Å². The summed E-state index contributed by atoms with van der Waals surface area (Å²) < 4.78 is 13.3. The number of carbonyl (C=O) groups is 1. The van der Waals surface area contributed by atoms with E-state index in [2.05, 4.69) is 48.5 Å². The minimum atomic E-state index is -2.56. The molecule has 0 amide bonds. The van der Waals surface area contributed by atoms with Crippen molar-refractivity contribution in [1.82, 2.24) is 0 Å². The molecule has 3 atom stereocenters. The van der Waals surface area contributed by atoms with Gasteiger partial charge in [-0.15, -0.1) is 0 Å². The van der Waals surface area contributed by atoms with Crippen LogP contribution < -0.4 is 0 Å². The third-order valence-electron chi connectivity index (χ3n) is 5.01. The maximum absolute atomic E-state index is 12.3. The topological polar surface area (TPSA) is 55.8 Å². The first kappa shape index (κ1) is 21.8. The first-order valence-electron chi connectivity index (χ1n) is 9.41. The highest BCUT2D eigenvalue weighted by atomic mass is 28.4. The predicted octanol–water partition coefficient (Wildman–Crippen LogP) is 4.73. The van der Waals surface area contributed by atoms with Crippen LogP contribution in [0, 0.1) is 0 Å². The molecule has 0 aromatic carbocycles. The van der Waals surface area contributed by atoms with Crippen LogP contribution in [0.2, 0.25) is 10.1 Å². The highest BCUT2D eigenvalue weighted by molar-refractivity contribution is 6.73. The minimum Gasteiger partial charge on any atom is -0.393 e. The Morgan fingerprint density at radius 3 is 2.00 bits per heavy atom. The van der Waals surface area contributed by atoms with Crippen LogP contribution in [0.5, 0.6) is 0 Å². The molecule has 0 aromatic heterocycles. The summed E-state index contributed by atoms with van der Waals surface area (Å²) in [5.41, 5.74) is 0. The van der Waals surface area contributed by atoms with E-state index in [1.165, 1.54) is 0 Å². The molecular weight excluding hydrogens is 320 g/mol. The van der Waals surface area contributed by atoms with Crippen molar-refractivity contribution in [3.05, 3.63) is 0 Å². The number of ketones is 1. The maximum Gasteiger partial charge on any atom is 0.349 e. The van der Waals surface area contributed by atoms with Crippen molar-refractivity contribution >= 4 is 14.3 Å². The first-order valence-corrected chi connectivity index (χ1v) is 11.2. The van der Waals surface area contributed by atoms with E-state index in [0.29, 0.717) is 12.8 Å². The number of hydrogen-bond donors (Lipinski definition) is 1. The Kier molecular flexibility index (Phi) is 7.25. The number of rotatable bonds is 6. The summed E-state index contributed by atoms with van der Waals surface area (Å²) in [5.74, 6) is 0.0943. The second kappa shape index (κ2) is 7.98. The van der Waals surface area contributed by atoms with E-state index in [4.69, 9.17) is 8.85 Å². The van der Waals surface area contributed by atoms with Crippen LogP contribution in [-0.4, -0.2) is 37.8 Å². The van der Waals surface area contributed by atoms with Crippen molar-refractivity contribution in [3.63, 3.8) is 0 Å². The van der Waals surface area contributed by atoms with Gasteiger partial charge in [0.05, 0.1) is 12.2 Å². The summed E-state index contributed by atoms with van der Waals surface area (Å²) in [6, 6.07) is 0. The van der Waals surface area contributed by atoms with E-state index < -0.39 is 14.7 Å². The van der Waals surface area contributed by atoms with E-state index in [9.17, 15) is 9.90 Å². The molecule has 0 spiro atoms. The third-order valence-corrected chi connectivity index (χ3v) is 10.3. The highest BCUT2D eigenvalue weighted by Crippen LogP contribution is 2.55. The molecule has 0 radical (unpaired) electrons. The molecule has 1 rings (SSSR count). The maximum atomic E-state index is 12.3. The molecule has 0 aromatic rings. The lowest BCUT2D eigenvalue weighted by atomic mass is 10.0. The van der Waals surface area contributed by atoms with E-state index in [0.717, 1.165) is 12.8 Å².